The Morgan fingerprint density at radius 1 is 0.781 bits per heavy atom. The molecular weight excluding hydrogens is 408 g/mol. The summed E-state index contributed by atoms with van der Waals surface area (Å²) in [7, 11) is 0. The van der Waals surface area contributed by atoms with Crippen molar-refractivity contribution in [2.45, 2.75) is 89.1 Å². The molecule has 2 saturated carbocycles. The van der Waals surface area contributed by atoms with E-state index in [0.717, 1.165) is 64.2 Å². The summed E-state index contributed by atoms with van der Waals surface area (Å²) in [6.07, 6.45) is 11.6. The second kappa shape index (κ2) is 10.7. The number of hydrogen-bond acceptors (Lipinski definition) is 4. The molecule has 178 valence electrons. The highest BCUT2D eigenvalue weighted by atomic mass is 16.2. The fourth-order valence-corrected chi connectivity index (χ4v) is 5.84. The number of hydrogen-bond donors (Lipinski definition) is 2. The molecule has 0 bridgehead atoms. The van der Waals surface area contributed by atoms with Crippen LogP contribution >= 0.6 is 0 Å². The van der Waals surface area contributed by atoms with E-state index < -0.39 is 12.1 Å². The maximum atomic E-state index is 13.4. The van der Waals surface area contributed by atoms with Crippen molar-refractivity contribution in [1.82, 2.24) is 20.4 Å². The highest BCUT2D eigenvalue weighted by molar-refractivity contribution is 5.93. The second-order valence-corrected chi connectivity index (χ2v) is 10.00. The van der Waals surface area contributed by atoms with Gasteiger partial charge in [0.25, 0.3) is 0 Å². The Kier molecular flexibility index (Phi) is 7.68. The van der Waals surface area contributed by atoms with Crippen LogP contribution in [-0.2, 0) is 19.2 Å². The molecule has 2 N–H and O–H groups in total. The molecule has 32 heavy (non-hydrogen) atoms. The molecule has 8 heteroatoms. The summed E-state index contributed by atoms with van der Waals surface area (Å²) in [5.74, 6) is -0.293. The van der Waals surface area contributed by atoms with Crippen LogP contribution in [0.5, 0.6) is 0 Å². The summed E-state index contributed by atoms with van der Waals surface area (Å²) in [5.41, 5.74) is 0. The smallest absolute Gasteiger partial charge is 0.245 e. The molecule has 2 aliphatic heterocycles. The van der Waals surface area contributed by atoms with Crippen molar-refractivity contribution in [2.75, 3.05) is 26.2 Å². The predicted octanol–water partition coefficient (Wildman–Crippen LogP) is 1.58. The van der Waals surface area contributed by atoms with Gasteiger partial charge in [-0.05, 0) is 38.5 Å². The summed E-state index contributed by atoms with van der Waals surface area (Å²) in [4.78, 5) is 55.6. The van der Waals surface area contributed by atoms with Gasteiger partial charge in [0, 0.05) is 31.5 Å². The molecule has 0 aromatic carbocycles. The number of carbonyl (C=O) groups excluding carboxylic acids is 4. The molecule has 2 aliphatic carbocycles. The standard InChI is InChI=1S/C24H38N4O4/c29-21-19(12-7-13-25-21)26-22(30)20-16-27(23(31)17-8-3-1-4-9-17)14-15-28(20)24(32)18-10-5-2-6-11-18/h17-20H,1-16H2,(H,25,29)(H,26,30)/t19-,20+/m0/s1. The van der Waals surface area contributed by atoms with Crippen LogP contribution in [0.1, 0.15) is 77.0 Å². The molecule has 2 heterocycles. The molecule has 0 aromatic rings. The third-order valence-corrected chi connectivity index (χ3v) is 7.79. The van der Waals surface area contributed by atoms with Crippen molar-refractivity contribution in [2.24, 2.45) is 11.8 Å². The lowest BCUT2D eigenvalue weighted by Gasteiger charge is -2.43. The van der Waals surface area contributed by atoms with Crippen LogP contribution < -0.4 is 10.6 Å². The highest BCUT2D eigenvalue weighted by Crippen LogP contribution is 2.29. The molecule has 2 saturated heterocycles. The maximum absolute atomic E-state index is 13.4. The molecule has 2 atom stereocenters. The Bertz CT molecular complexity index is 715. The van der Waals surface area contributed by atoms with E-state index in [1.54, 1.807) is 9.80 Å². The van der Waals surface area contributed by atoms with Crippen LogP contribution in [0.4, 0.5) is 0 Å². The van der Waals surface area contributed by atoms with Crippen LogP contribution in [0.25, 0.3) is 0 Å². The average molecular weight is 447 g/mol. The Balaban J connectivity index is 1.47. The van der Waals surface area contributed by atoms with Gasteiger partial charge in [0.1, 0.15) is 12.1 Å². The monoisotopic (exact) mass is 446 g/mol. The summed E-state index contributed by atoms with van der Waals surface area (Å²) in [5, 5.41) is 5.68. The molecule has 0 spiro atoms. The fourth-order valence-electron chi connectivity index (χ4n) is 5.84. The quantitative estimate of drug-likeness (QED) is 0.685. The Morgan fingerprint density at radius 3 is 2.03 bits per heavy atom. The molecule has 4 fully saturated rings. The predicted molar refractivity (Wildman–Crippen MR) is 119 cm³/mol. The van der Waals surface area contributed by atoms with Crippen LogP contribution in [0.15, 0.2) is 0 Å². The second-order valence-electron chi connectivity index (χ2n) is 10.00. The molecule has 8 nitrogen and oxygen atoms in total. The first kappa shape index (κ1) is 23.1. The van der Waals surface area contributed by atoms with Gasteiger partial charge in [0.15, 0.2) is 0 Å². The van der Waals surface area contributed by atoms with E-state index in [-0.39, 0.29) is 42.0 Å². The Labute approximate surface area is 190 Å². The van der Waals surface area contributed by atoms with Gasteiger partial charge < -0.3 is 20.4 Å². The molecule has 4 aliphatic rings. The zero-order valence-corrected chi connectivity index (χ0v) is 19.2. The first-order valence-electron chi connectivity index (χ1n) is 12.7. The van der Waals surface area contributed by atoms with E-state index in [1.165, 1.54) is 6.42 Å². The normalized spacial score (nSPS) is 28.2. The lowest BCUT2D eigenvalue weighted by molar-refractivity contribution is -0.153. The zero-order chi connectivity index (χ0) is 22.5. The Morgan fingerprint density at radius 2 is 1.41 bits per heavy atom. The van der Waals surface area contributed by atoms with E-state index >= 15 is 0 Å². The minimum Gasteiger partial charge on any atom is -0.354 e. The first-order valence-corrected chi connectivity index (χ1v) is 12.7. The van der Waals surface area contributed by atoms with Gasteiger partial charge in [-0.25, -0.2) is 0 Å². The lowest BCUT2D eigenvalue weighted by Crippen LogP contribution is -2.64. The minimum absolute atomic E-state index is 0.0300. The largest absolute Gasteiger partial charge is 0.354 e. The highest BCUT2D eigenvalue weighted by Gasteiger charge is 2.41. The van der Waals surface area contributed by atoms with Gasteiger partial charge >= 0.3 is 0 Å². The van der Waals surface area contributed by atoms with Gasteiger partial charge in [-0.3, -0.25) is 19.2 Å². The molecular formula is C24H38N4O4. The van der Waals surface area contributed by atoms with Gasteiger partial charge in [-0.15, -0.1) is 0 Å². The first-order chi connectivity index (χ1) is 15.5. The molecule has 4 rings (SSSR count). The van der Waals surface area contributed by atoms with Gasteiger partial charge in [0.2, 0.25) is 23.6 Å². The maximum Gasteiger partial charge on any atom is 0.245 e. The molecule has 4 amide bonds. The Hall–Kier alpha value is -2.12. The van der Waals surface area contributed by atoms with Crippen LogP contribution in [0, 0.1) is 11.8 Å². The number of piperazine rings is 1. The van der Waals surface area contributed by atoms with E-state index in [2.05, 4.69) is 10.6 Å². The fraction of sp³-hybridized carbons (Fsp3) is 0.833. The summed E-state index contributed by atoms with van der Waals surface area (Å²) in [6.45, 7) is 1.74. The SMILES string of the molecule is O=C1NCCC[C@@H]1NC(=O)[C@H]1CN(C(=O)C2CCCCC2)CCN1C(=O)C1CCCCC1. The molecule has 0 aromatic heterocycles. The van der Waals surface area contributed by atoms with Crippen molar-refractivity contribution in [3.63, 3.8) is 0 Å². The number of carbonyl (C=O) groups is 4. The van der Waals surface area contributed by atoms with Crippen molar-refractivity contribution in [3.8, 4) is 0 Å². The van der Waals surface area contributed by atoms with Gasteiger partial charge in [-0.1, -0.05) is 38.5 Å². The molecule has 0 radical (unpaired) electrons. The van der Waals surface area contributed by atoms with Crippen LogP contribution in [0.3, 0.4) is 0 Å². The van der Waals surface area contributed by atoms with E-state index in [0.29, 0.717) is 26.1 Å². The third-order valence-electron chi connectivity index (χ3n) is 7.79. The van der Waals surface area contributed by atoms with Crippen molar-refractivity contribution >= 4 is 23.6 Å². The average Bonchev–Trinajstić information content (AvgIpc) is 2.85. The lowest BCUT2D eigenvalue weighted by atomic mass is 9.87. The zero-order valence-electron chi connectivity index (χ0n) is 19.2. The third kappa shape index (κ3) is 5.26. The summed E-state index contributed by atoms with van der Waals surface area (Å²) < 4.78 is 0. The van der Waals surface area contributed by atoms with Crippen LogP contribution in [0.2, 0.25) is 0 Å². The van der Waals surface area contributed by atoms with Crippen molar-refractivity contribution in [1.29, 1.82) is 0 Å². The number of amides is 4. The van der Waals surface area contributed by atoms with E-state index in [4.69, 9.17) is 0 Å². The van der Waals surface area contributed by atoms with Crippen molar-refractivity contribution in [3.05, 3.63) is 0 Å². The van der Waals surface area contributed by atoms with E-state index in [9.17, 15) is 19.2 Å². The van der Waals surface area contributed by atoms with E-state index in [1.807, 2.05) is 0 Å². The number of rotatable bonds is 4. The molecule has 0 unspecified atom stereocenters. The summed E-state index contributed by atoms with van der Waals surface area (Å²) in [6, 6.07) is -1.28. The number of piperidine rings is 1. The number of nitrogens with zero attached hydrogens (tertiary/aromatic N) is 2. The minimum atomic E-state index is -0.722. The topological polar surface area (TPSA) is 98.8 Å². The summed E-state index contributed by atoms with van der Waals surface area (Å²) >= 11 is 0. The van der Waals surface area contributed by atoms with Crippen LogP contribution in [-0.4, -0.2) is 71.7 Å². The van der Waals surface area contributed by atoms with Crippen molar-refractivity contribution < 1.29 is 19.2 Å². The van der Waals surface area contributed by atoms with Gasteiger partial charge in [0.05, 0.1) is 6.54 Å². The van der Waals surface area contributed by atoms with Gasteiger partial charge in [-0.2, -0.15) is 0 Å². The number of nitrogens with one attached hydrogen (secondary N) is 2.